The average molecular weight is 429 g/mol. The number of nitrogens with one attached hydrogen (secondary N) is 1. The number of benzene rings is 2. The topological polar surface area (TPSA) is 99.5 Å². The van der Waals surface area contributed by atoms with E-state index in [1.165, 1.54) is 30.0 Å². The zero-order valence-corrected chi connectivity index (χ0v) is 17.6. The third kappa shape index (κ3) is 5.25. The molecular formula is C21H23N3O5S. The van der Waals surface area contributed by atoms with Gasteiger partial charge in [-0.2, -0.15) is 5.10 Å². The summed E-state index contributed by atoms with van der Waals surface area (Å²) in [6, 6.07) is 16.6. The molecule has 158 valence electrons. The summed E-state index contributed by atoms with van der Waals surface area (Å²) in [5, 5.41) is 4.35. The Balaban J connectivity index is 1.71. The SMILES string of the molecule is CCOc1ccc(-c2ccc(=O)n(CCNS(=O)(=O)c3cccc(OC)c3)n2)cc1. The van der Waals surface area contributed by atoms with E-state index in [0.717, 1.165) is 11.3 Å². The van der Waals surface area contributed by atoms with Crippen molar-refractivity contribution in [2.45, 2.75) is 18.4 Å². The van der Waals surface area contributed by atoms with Crippen molar-refractivity contribution in [3.8, 4) is 22.8 Å². The third-order valence-corrected chi connectivity index (χ3v) is 5.75. The average Bonchev–Trinajstić information content (AvgIpc) is 2.76. The van der Waals surface area contributed by atoms with Crippen molar-refractivity contribution < 1.29 is 17.9 Å². The minimum atomic E-state index is -3.74. The summed E-state index contributed by atoms with van der Waals surface area (Å²) in [5.74, 6) is 1.19. The van der Waals surface area contributed by atoms with Crippen LogP contribution in [0.15, 0.2) is 70.4 Å². The molecule has 1 N–H and O–H groups in total. The standard InChI is InChI=1S/C21H23N3O5S/c1-3-29-17-9-7-16(8-10-17)20-11-12-21(25)24(23-20)14-13-22-30(26,27)19-6-4-5-18(15-19)28-2/h4-12,15,22H,3,13-14H2,1-2H3. The molecule has 0 saturated carbocycles. The number of nitrogens with zero attached hydrogens (tertiary/aromatic N) is 2. The monoisotopic (exact) mass is 429 g/mol. The van der Waals surface area contributed by atoms with Crippen LogP contribution in [0.5, 0.6) is 11.5 Å². The summed E-state index contributed by atoms with van der Waals surface area (Å²) in [6.45, 7) is 2.59. The number of hydrogen-bond acceptors (Lipinski definition) is 6. The second kappa shape index (κ2) is 9.55. The maximum atomic E-state index is 12.5. The van der Waals surface area contributed by atoms with Crippen LogP contribution in [-0.4, -0.2) is 38.5 Å². The van der Waals surface area contributed by atoms with Crippen LogP contribution in [0.2, 0.25) is 0 Å². The van der Waals surface area contributed by atoms with Crippen LogP contribution in [0, 0.1) is 0 Å². The van der Waals surface area contributed by atoms with Crippen molar-refractivity contribution in [2.75, 3.05) is 20.3 Å². The van der Waals surface area contributed by atoms with Gasteiger partial charge in [-0.1, -0.05) is 6.07 Å². The van der Waals surface area contributed by atoms with E-state index in [-0.39, 0.29) is 23.5 Å². The highest BCUT2D eigenvalue weighted by Gasteiger charge is 2.14. The van der Waals surface area contributed by atoms with Crippen LogP contribution >= 0.6 is 0 Å². The first-order chi connectivity index (χ1) is 14.4. The van der Waals surface area contributed by atoms with Gasteiger partial charge in [0.1, 0.15) is 11.5 Å². The first-order valence-corrected chi connectivity index (χ1v) is 10.9. The summed E-state index contributed by atoms with van der Waals surface area (Å²) in [4.78, 5) is 12.2. The molecule has 0 aliphatic carbocycles. The molecule has 0 aliphatic heterocycles. The fourth-order valence-electron chi connectivity index (χ4n) is 2.79. The molecule has 9 heteroatoms. The fourth-order valence-corrected chi connectivity index (χ4v) is 3.84. The van der Waals surface area contributed by atoms with E-state index in [1.807, 2.05) is 31.2 Å². The van der Waals surface area contributed by atoms with Crippen molar-refractivity contribution in [1.29, 1.82) is 0 Å². The van der Waals surface area contributed by atoms with Crippen molar-refractivity contribution in [3.05, 3.63) is 71.0 Å². The Morgan fingerprint density at radius 1 is 1.03 bits per heavy atom. The van der Waals surface area contributed by atoms with Gasteiger partial charge in [-0.3, -0.25) is 4.79 Å². The van der Waals surface area contributed by atoms with E-state index in [0.29, 0.717) is 18.1 Å². The Morgan fingerprint density at radius 2 is 1.80 bits per heavy atom. The highest BCUT2D eigenvalue weighted by Crippen LogP contribution is 2.20. The van der Waals surface area contributed by atoms with Gasteiger partial charge < -0.3 is 9.47 Å². The minimum absolute atomic E-state index is 0.0131. The van der Waals surface area contributed by atoms with E-state index in [2.05, 4.69) is 9.82 Å². The molecule has 0 radical (unpaired) electrons. The van der Waals surface area contributed by atoms with Gasteiger partial charge in [0.15, 0.2) is 0 Å². The maximum Gasteiger partial charge on any atom is 0.266 e. The van der Waals surface area contributed by atoms with Gasteiger partial charge in [-0.15, -0.1) is 0 Å². The Morgan fingerprint density at radius 3 is 2.50 bits per heavy atom. The highest BCUT2D eigenvalue weighted by atomic mass is 32.2. The molecule has 2 aromatic carbocycles. The van der Waals surface area contributed by atoms with Crippen molar-refractivity contribution in [2.24, 2.45) is 0 Å². The van der Waals surface area contributed by atoms with Crippen LogP contribution in [0.4, 0.5) is 0 Å². The molecule has 30 heavy (non-hydrogen) atoms. The zero-order valence-electron chi connectivity index (χ0n) is 16.7. The maximum absolute atomic E-state index is 12.5. The summed E-state index contributed by atoms with van der Waals surface area (Å²) >= 11 is 0. The Bertz CT molecular complexity index is 1160. The Kier molecular flexibility index (Phi) is 6.86. The fraction of sp³-hybridized carbons (Fsp3) is 0.238. The largest absolute Gasteiger partial charge is 0.497 e. The van der Waals surface area contributed by atoms with Crippen LogP contribution in [0.25, 0.3) is 11.3 Å². The van der Waals surface area contributed by atoms with Crippen LogP contribution < -0.4 is 19.8 Å². The summed E-state index contributed by atoms with van der Waals surface area (Å²) < 4.78 is 39.1. The van der Waals surface area contributed by atoms with E-state index in [1.54, 1.807) is 18.2 Å². The molecule has 1 aromatic heterocycles. The molecule has 0 unspecified atom stereocenters. The lowest BCUT2D eigenvalue weighted by Gasteiger charge is -2.10. The predicted molar refractivity (Wildman–Crippen MR) is 113 cm³/mol. The van der Waals surface area contributed by atoms with Gasteiger partial charge in [0.2, 0.25) is 10.0 Å². The van der Waals surface area contributed by atoms with Gasteiger partial charge in [0.25, 0.3) is 5.56 Å². The number of aromatic nitrogens is 2. The molecule has 0 atom stereocenters. The number of ether oxygens (including phenoxy) is 2. The molecule has 1 heterocycles. The first-order valence-electron chi connectivity index (χ1n) is 9.38. The molecule has 0 spiro atoms. The molecule has 3 rings (SSSR count). The quantitative estimate of drug-likeness (QED) is 0.560. The molecule has 3 aromatic rings. The zero-order chi connectivity index (χ0) is 21.6. The second-order valence-corrected chi connectivity index (χ2v) is 8.08. The van der Waals surface area contributed by atoms with E-state index < -0.39 is 10.0 Å². The van der Waals surface area contributed by atoms with E-state index >= 15 is 0 Å². The molecule has 0 saturated heterocycles. The van der Waals surface area contributed by atoms with Gasteiger partial charge in [-0.05, 0) is 49.4 Å². The summed E-state index contributed by atoms with van der Waals surface area (Å²) in [5.41, 5.74) is 1.11. The number of sulfonamides is 1. The van der Waals surface area contributed by atoms with E-state index in [9.17, 15) is 13.2 Å². The highest BCUT2D eigenvalue weighted by molar-refractivity contribution is 7.89. The summed E-state index contributed by atoms with van der Waals surface area (Å²) in [7, 11) is -2.27. The lowest BCUT2D eigenvalue weighted by molar-refractivity contribution is 0.340. The lowest BCUT2D eigenvalue weighted by Crippen LogP contribution is -2.32. The first kappa shape index (κ1) is 21.5. The molecular weight excluding hydrogens is 406 g/mol. The normalized spacial score (nSPS) is 11.3. The second-order valence-electron chi connectivity index (χ2n) is 6.31. The minimum Gasteiger partial charge on any atom is -0.497 e. The lowest BCUT2D eigenvalue weighted by atomic mass is 10.1. The van der Waals surface area contributed by atoms with E-state index in [4.69, 9.17) is 9.47 Å². The molecule has 8 nitrogen and oxygen atoms in total. The predicted octanol–water partition coefficient (Wildman–Crippen LogP) is 2.30. The van der Waals surface area contributed by atoms with Crippen LogP contribution in [-0.2, 0) is 16.6 Å². The number of methoxy groups -OCH3 is 1. The van der Waals surface area contributed by atoms with Crippen molar-refractivity contribution in [3.63, 3.8) is 0 Å². The molecule has 0 fully saturated rings. The van der Waals surface area contributed by atoms with Crippen LogP contribution in [0.3, 0.4) is 0 Å². The molecule has 0 aliphatic rings. The Labute approximate surface area is 175 Å². The summed E-state index contributed by atoms with van der Waals surface area (Å²) in [6.07, 6.45) is 0. The Hall–Kier alpha value is -3.17. The van der Waals surface area contributed by atoms with Crippen LogP contribution in [0.1, 0.15) is 6.92 Å². The van der Waals surface area contributed by atoms with Crippen molar-refractivity contribution in [1.82, 2.24) is 14.5 Å². The smallest absolute Gasteiger partial charge is 0.266 e. The van der Waals surface area contributed by atoms with Gasteiger partial charge in [0.05, 0.1) is 30.9 Å². The number of hydrogen-bond donors (Lipinski definition) is 1. The third-order valence-electron chi connectivity index (χ3n) is 4.29. The van der Waals surface area contributed by atoms with Gasteiger partial charge >= 0.3 is 0 Å². The van der Waals surface area contributed by atoms with Crippen molar-refractivity contribution >= 4 is 10.0 Å². The van der Waals surface area contributed by atoms with Gasteiger partial charge in [0, 0.05) is 24.2 Å². The molecule has 0 amide bonds. The van der Waals surface area contributed by atoms with Gasteiger partial charge in [-0.25, -0.2) is 17.8 Å². The number of rotatable bonds is 9. The molecule has 0 bridgehead atoms.